The summed E-state index contributed by atoms with van der Waals surface area (Å²) in [6, 6.07) is 15.9. The summed E-state index contributed by atoms with van der Waals surface area (Å²) in [7, 11) is 1.46. The van der Waals surface area contributed by atoms with E-state index < -0.39 is 29.6 Å². The quantitative estimate of drug-likeness (QED) is 0.441. The lowest BCUT2D eigenvalue weighted by Gasteiger charge is -2.33. The molecule has 0 radical (unpaired) electrons. The van der Waals surface area contributed by atoms with Crippen LogP contribution in [0.1, 0.15) is 38.3 Å². The number of rotatable bonds is 10. The van der Waals surface area contributed by atoms with Crippen molar-refractivity contribution in [1.82, 2.24) is 10.3 Å². The molecule has 0 spiro atoms. The molecule has 1 atom stereocenters. The SMILES string of the molecule is COc1ccccc1N(C(=O)CCC(=O)Nc1ccccn1)C(C(=O)NC(C)C)c1ccc(F)cc1. The molecule has 3 amide bonds. The number of hydrogen-bond donors (Lipinski definition) is 2. The van der Waals surface area contributed by atoms with Gasteiger partial charge in [-0.05, 0) is 55.8 Å². The normalized spacial score (nSPS) is 11.5. The minimum atomic E-state index is -1.13. The smallest absolute Gasteiger partial charge is 0.248 e. The summed E-state index contributed by atoms with van der Waals surface area (Å²) in [5.74, 6) is -1.06. The van der Waals surface area contributed by atoms with Crippen LogP contribution in [0.25, 0.3) is 0 Å². The molecule has 3 rings (SSSR count). The summed E-state index contributed by atoms with van der Waals surface area (Å²) in [5.41, 5.74) is 0.759. The monoisotopic (exact) mass is 492 g/mol. The Hall–Kier alpha value is -4.27. The molecule has 0 aliphatic rings. The van der Waals surface area contributed by atoms with E-state index in [1.54, 1.807) is 62.5 Å². The lowest BCUT2D eigenvalue weighted by Crippen LogP contribution is -2.46. The summed E-state index contributed by atoms with van der Waals surface area (Å²) >= 11 is 0. The van der Waals surface area contributed by atoms with Gasteiger partial charge < -0.3 is 15.4 Å². The first-order chi connectivity index (χ1) is 17.3. The Kier molecular flexibility index (Phi) is 9.10. The maximum Gasteiger partial charge on any atom is 0.248 e. The van der Waals surface area contributed by atoms with Gasteiger partial charge in [0.15, 0.2) is 0 Å². The average Bonchev–Trinajstić information content (AvgIpc) is 2.86. The first-order valence-corrected chi connectivity index (χ1v) is 11.5. The van der Waals surface area contributed by atoms with Crippen molar-refractivity contribution in [2.45, 2.75) is 38.8 Å². The van der Waals surface area contributed by atoms with Crippen LogP contribution >= 0.6 is 0 Å². The molecule has 2 N–H and O–H groups in total. The zero-order chi connectivity index (χ0) is 26.1. The highest BCUT2D eigenvalue weighted by Gasteiger charge is 2.34. The average molecular weight is 493 g/mol. The molecule has 0 saturated heterocycles. The van der Waals surface area contributed by atoms with Crippen LogP contribution in [0.15, 0.2) is 72.9 Å². The molecular formula is C27H29FN4O4. The third kappa shape index (κ3) is 6.88. The standard InChI is InChI=1S/C27H29FN4O4/c1-18(2)30-27(35)26(19-11-13-20(28)14-12-19)32(21-8-4-5-9-22(21)36-3)25(34)16-15-24(33)31-23-10-6-7-17-29-23/h4-14,17-18,26H,15-16H2,1-3H3,(H,30,35)(H,29,31,33). The number of pyridine rings is 1. The van der Waals surface area contributed by atoms with E-state index in [-0.39, 0.29) is 18.9 Å². The van der Waals surface area contributed by atoms with Crippen LogP contribution in [-0.2, 0) is 14.4 Å². The molecule has 1 unspecified atom stereocenters. The number of ether oxygens (including phenoxy) is 1. The van der Waals surface area contributed by atoms with Crippen molar-refractivity contribution in [3.63, 3.8) is 0 Å². The van der Waals surface area contributed by atoms with Gasteiger partial charge in [-0.2, -0.15) is 0 Å². The van der Waals surface area contributed by atoms with Gasteiger partial charge in [-0.25, -0.2) is 9.37 Å². The zero-order valence-corrected chi connectivity index (χ0v) is 20.4. The Labute approximate surface area is 209 Å². The number of benzene rings is 2. The molecule has 0 bridgehead atoms. The van der Waals surface area contributed by atoms with Crippen LogP contribution in [0, 0.1) is 5.82 Å². The molecule has 1 aromatic heterocycles. The van der Waals surface area contributed by atoms with Gasteiger partial charge in [0, 0.05) is 25.1 Å². The van der Waals surface area contributed by atoms with Gasteiger partial charge in [-0.15, -0.1) is 0 Å². The van der Waals surface area contributed by atoms with Crippen molar-refractivity contribution in [2.24, 2.45) is 0 Å². The van der Waals surface area contributed by atoms with E-state index in [1.807, 2.05) is 0 Å². The van der Waals surface area contributed by atoms with Gasteiger partial charge in [0.2, 0.25) is 17.7 Å². The first-order valence-electron chi connectivity index (χ1n) is 11.5. The zero-order valence-electron chi connectivity index (χ0n) is 20.4. The summed E-state index contributed by atoms with van der Waals surface area (Å²) < 4.78 is 19.2. The molecule has 9 heteroatoms. The van der Waals surface area contributed by atoms with E-state index in [0.717, 1.165) is 0 Å². The molecule has 0 saturated carbocycles. The molecule has 0 aliphatic heterocycles. The van der Waals surface area contributed by atoms with E-state index in [1.165, 1.54) is 36.3 Å². The number of carbonyl (C=O) groups is 3. The molecule has 0 aliphatic carbocycles. The lowest BCUT2D eigenvalue weighted by atomic mass is 10.0. The Morgan fingerprint density at radius 1 is 0.972 bits per heavy atom. The van der Waals surface area contributed by atoms with Crippen LogP contribution in [-0.4, -0.2) is 35.9 Å². The van der Waals surface area contributed by atoms with E-state index >= 15 is 0 Å². The molecule has 0 fully saturated rings. The second-order valence-corrected chi connectivity index (χ2v) is 8.32. The van der Waals surface area contributed by atoms with Gasteiger partial charge in [0.25, 0.3) is 0 Å². The third-order valence-electron chi connectivity index (χ3n) is 5.23. The number of nitrogens with zero attached hydrogens (tertiary/aromatic N) is 2. The number of nitrogens with one attached hydrogen (secondary N) is 2. The fourth-order valence-corrected chi connectivity index (χ4v) is 3.66. The summed E-state index contributed by atoms with van der Waals surface area (Å²) in [5, 5.41) is 5.49. The molecule has 36 heavy (non-hydrogen) atoms. The van der Waals surface area contributed by atoms with Gasteiger partial charge >= 0.3 is 0 Å². The molecule has 2 aromatic carbocycles. The van der Waals surface area contributed by atoms with Crippen LogP contribution in [0.2, 0.25) is 0 Å². The molecule has 8 nitrogen and oxygen atoms in total. The highest BCUT2D eigenvalue weighted by Crippen LogP contribution is 2.35. The van der Waals surface area contributed by atoms with Crippen LogP contribution < -0.4 is 20.3 Å². The van der Waals surface area contributed by atoms with E-state index in [0.29, 0.717) is 22.8 Å². The summed E-state index contributed by atoms with van der Waals surface area (Å²) in [6.45, 7) is 3.60. The molecule has 1 heterocycles. The van der Waals surface area contributed by atoms with Crippen molar-refractivity contribution in [3.8, 4) is 5.75 Å². The number of methoxy groups -OCH3 is 1. The number of para-hydroxylation sites is 2. The Morgan fingerprint density at radius 3 is 2.31 bits per heavy atom. The second-order valence-electron chi connectivity index (χ2n) is 8.32. The van der Waals surface area contributed by atoms with Crippen LogP contribution in [0.3, 0.4) is 0 Å². The number of carbonyl (C=O) groups excluding carboxylic acids is 3. The maximum atomic E-state index is 13.7. The highest BCUT2D eigenvalue weighted by molar-refractivity contribution is 6.04. The maximum absolute atomic E-state index is 13.7. The van der Waals surface area contributed by atoms with Gasteiger partial charge in [-0.1, -0.05) is 30.3 Å². The Bertz CT molecular complexity index is 1190. The van der Waals surface area contributed by atoms with Crippen molar-refractivity contribution >= 4 is 29.2 Å². The van der Waals surface area contributed by atoms with Crippen LogP contribution in [0.5, 0.6) is 5.75 Å². The van der Waals surface area contributed by atoms with E-state index in [9.17, 15) is 18.8 Å². The van der Waals surface area contributed by atoms with E-state index in [4.69, 9.17) is 4.74 Å². The number of aromatic nitrogens is 1. The van der Waals surface area contributed by atoms with Crippen molar-refractivity contribution < 1.29 is 23.5 Å². The van der Waals surface area contributed by atoms with E-state index in [2.05, 4.69) is 15.6 Å². The third-order valence-corrected chi connectivity index (χ3v) is 5.23. The number of halogens is 1. The number of anilines is 2. The topological polar surface area (TPSA) is 101 Å². The van der Waals surface area contributed by atoms with Crippen molar-refractivity contribution in [3.05, 3.63) is 84.3 Å². The summed E-state index contributed by atoms with van der Waals surface area (Å²) in [6.07, 6.45) is 1.22. The summed E-state index contributed by atoms with van der Waals surface area (Å²) in [4.78, 5) is 44.9. The second kappa shape index (κ2) is 12.4. The van der Waals surface area contributed by atoms with Crippen molar-refractivity contribution in [1.29, 1.82) is 0 Å². The fourth-order valence-electron chi connectivity index (χ4n) is 3.66. The van der Waals surface area contributed by atoms with Gasteiger partial charge in [0.1, 0.15) is 23.4 Å². The lowest BCUT2D eigenvalue weighted by molar-refractivity contribution is -0.127. The van der Waals surface area contributed by atoms with Crippen LogP contribution in [0.4, 0.5) is 15.9 Å². The first kappa shape index (κ1) is 26.3. The molecular weight excluding hydrogens is 463 g/mol. The predicted molar refractivity (Wildman–Crippen MR) is 135 cm³/mol. The molecule has 188 valence electrons. The van der Waals surface area contributed by atoms with Gasteiger partial charge in [-0.3, -0.25) is 19.3 Å². The largest absolute Gasteiger partial charge is 0.495 e. The fraction of sp³-hybridized carbons (Fsp3) is 0.259. The Morgan fingerprint density at radius 2 is 1.67 bits per heavy atom. The Balaban J connectivity index is 1.97. The number of amides is 3. The minimum absolute atomic E-state index is 0.136. The molecule has 3 aromatic rings. The van der Waals surface area contributed by atoms with Crippen molar-refractivity contribution in [2.75, 3.05) is 17.3 Å². The van der Waals surface area contributed by atoms with Gasteiger partial charge in [0.05, 0.1) is 12.8 Å². The predicted octanol–water partition coefficient (Wildman–Crippen LogP) is 4.25. The minimum Gasteiger partial charge on any atom is -0.495 e. The number of hydrogen-bond acceptors (Lipinski definition) is 5. The highest BCUT2D eigenvalue weighted by atomic mass is 19.1.